The maximum Gasteiger partial charge on any atom is -0.109 e. The first-order valence-electron chi connectivity index (χ1n) is 15.6. The van der Waals surface area contributed by atoms with E-state index in [0.29, 0.717) is 11.1 Å². The van der Waals surface area contributed by atoms with Crippen LogP contribution < -0.4 is 24.8 Å². The quantitative estimate of drug-likeness (QED) is 0.128. The van der Waals surface area contributed by atoms with Gasteiger partial charge in [-0.1, -0.05) is 65.3 Å². The summed E-state index contributed by atoms with van der Waals surface area (Å²) in [6.45, 7) is 13.6. The molecule has 0 fully saturated rings. The molecule has 0 radical (unpaired) electrons. The van der Waals surface area contributed by atoms with Gasteiger partial charge in [0.15, 0.2) is 0 Å². The van der Waals surface area contributed by atoms with Gasteiger partial charge in [-0.3, -0.25) is 6.08 Å². The molecule has 4 aromatic carbocycles. The van der Waals surface area contributed by atoms with Gasteiger partial charge in [-0.05, 0) is 28.4 Å². The molecule has 0 nitrogen and oxygen atoms in total. The molecular weight excluding hydrogens is 867 g/mol. The standard InChI is InChI=1S/C21H25.C15H8Cl6.C5H5.2ClH.Zr/c1-20(2,3)16-7-9-18-14(12-16)11-15-13-17(21(4,5)6)8-10-19(15)18;16-14(17,18)12-5-1-10(2-6-12)9-11-3-7-13(8-4-11)15(19,20)21;1-2-4-5-3-1;;;/h7-10,12H,11H2,1-6H3;1-8H;1-3H,4H2;2*1H;/q-1;;-1;;;+2/p-2. The minimum absolute atomic E-state index is 0. The van der Waals surface area contributed by atoms with Gasteiger partial charge in [-0.15, -0.1) is 17.5 Å². The van der Waals surface area contributed by atoms with Crippen LogP contribution in [0.1, 0.15) is 92.5 Å². The third-order valence-electron chi connectivity index (χ3n) is 8.05. The Kier molecular flexibility index (Phi) is 17.0. The summed E-state index contributed by atoms with van der Waals surface area (Å²) < 4.78 is -1.66. The Morgan fingerprint density at radius 1 is 0.620 bits per heavy atom. The number of benzene rings is 4. The van der Waals surface area contributed by atoms with Crippen LogP contribution >= 0.6 is 69.6 Å². The van der Waals surface area contributed by atoms with Crippen LogP contribution in [0.2, 0.25) is 0 Å². The average molecular weight is 906 g/mol. The normalized spacial score (nSPS) is 13.1. The van der Waals surface area contributed by atoms with Gasteiger partial charge in [0, 0.05) is 0 Å². The summed E-state index contributed by atoms with van der Waals surface area (Å²) in [4.78, 5) is 0. The molecule has 0 aliphatic heterocycles. The molecule has 6 rings (SSSR count). The molecule has 0 atom stereocenters. The van der Waals surface area contributed by atoms with Crippen LogP contribution in [0.15, 0.2) is 97.1 Å². The SMILES string of the molecule is CC(C)(C)c1[c-]c2c(cc1)-c1ccc(C(C)(C)C)cc1C2.ClC(Cl)(Cl)c1ccc([C](=[Zr+2])c2ccc(C(Cl)(Cl)Cl)cc2)cc1.[C-]1=CC=CC1.[Cl-].[Cl-]. The topological polar surface area (TPSA) is 0 Å². The number of hydrogen-bond acceptors (Lipinski definition) is 0. The molecule has 0 spiro atoms. The molecule has 0 heterocycles. The Labute approximate surface area is 356 Å². The van der Waals surface area contributed by atoms with Crippen molar-refractivity contribution < 1.29 is 49.0 Å². The summed E-state index contributed by atoms with van der Waals surface area (Å²) in [6.07, 6.45) is 11.0. The number of hydrogen-bond donors (Lipinski definition) is 0. The number of halogens is 8. The second-order valence-corrected chi connectivity index (χ2v) is 19.6. The van der Waals surface area contributed by atoms with Crippen molar-refractivity contribution in [3.05, 3.63) is 154 Å². The fourth-order valence-electron chi connectivity index (χ4n) is 5.19. The van der Waals surface area contributed by atoms with Gasteiger partial charge in [-0.25, -0.2) is 12.2 Å². The van der Waals surface area contributed by atoms with E-state index in [1.807, 2.05) is 60.7 Å². The summed E-state index contributed by atoms with van der Waals surface area (Å²) >= 11 is 36.4. The Hall–Kier alpha value is -0.567. The minimum atomic E-state index is -1.41. The van der Waals surface area contributed by atoms with E-state index in [4.69, 9.17) is 69.6 Å². The third-order valence-corrected chi connectivity index (χ3v) is 10.8. The van der Waals surface area contributed by atoms with Crippen molar-refractivity contribution in [2.24, 2.45) is 0 Å². The van der Waals surface area contributed by atoms with E-state index in [0.717, 1.165) is 24.0 Å². The molecular formula is C41H38Cl8Zr-2. The molecule has 0 N–H and O–H groups in total. The molecule has 50 heavy (non-hydrogen) atoms. The van der Waals surface area contributed by atoms with Crippen LogP contribution in [0.25, 0.3) is 11.1 Å². The maximum atomic E-state index is 5.86. The molecule has 9 heteroatoms. The molecule has 0 aromatic heterocycles. The minimum Gasteiger partial charge on any atom is -1.00 e. The number of rotatable bonds is 2. The Morgan fingerprint density at radius 3 is 1.48 bits per heavy atom. The predicted octanol–water partition coefficient (Wildman–Crippen LogP) is 7.42. The van der Waals surface area contributed by atoms with Crippen molar-refractivity contribution in [3.63, 3.8) is 0 Å². The molecule has 0 saturated heterocycles. The Bertz CT molecular complexity index is 1670. The second kappa shape index (κ2) is 18.7. The molecule has 0 unspecified atom stereocenters. The van der Waals surface area contributed by atoms with Crippen LogP contribution in [0.5, 0.6) is 0 Å². The fraction of sp³-hybridized carbons (Fsp3) is 0.293. The van der Waals surface area contributed by atoms with Crippen molar-refractivity contribution in [1.82, 2.24) is 0 Å². The molecule has 0 bridgehead atoms. The monoisotopic (exact) mass is 900 g/mol. The Morgan fingerprint density at radius 2 is 1.10 bits per heavy atom. The zero-order valence-corrected chi connectivity index (χ0v) is 37.2. The van der Waals surface area contributed by atoms with Crippen LogP contribution in [0.3, 0.4) is 0 Å². The summed E-state index contributed by atoms with van der Waals surface area (Å²) in [5.74, 6) is 0. The van der Waals surface area contributed by atoms with Crippen molar-refractivity contribution in [2.45, 2.75) is 72.8 Å². The average Bonchev–Trinajstić information content (AvgIpc) is 3.71. The predicted molar refractivity (Wildman–Crippen MR) is 207 cm³/mol. The van der Waals surface area contributed by atoms with E-state index in [1.54, 1.807) is 0 Å². The first-order valence-corrected chi connectivity index (χ1v) is 19.1. The molecule has 264 valence electrons. The van der Waals surface area contributed by atoms with Crippen LogP contribution in [-0.4, -0.2) is 3.21 Å². The molecule has 0 amide bonds. The number of fused-ring (bicyclic) bond motifs is 3. The fourth-order valence-corrected chi connectivity index (χ4v) is 6.76. The largest absolute Gasteiger partial charge is 1.00 e. The van der Waals surface area contributed by atoms with Crippen molar-refractivity contribution in [2.75, 3.05) is 0 Å². The van der Waals surface area contributed by atoms with Gasteiger partial charge in [-0.2, -0.15) is 29.8 Å². The van der Waals surface area contributed by atoms with Crippen LogP contribution in [-0.2, 0) is 49.1 Å². The zero-order chi connectivity index (χ0) is 35.5. The van der Waals surface area contributed by atoms with Crippen molar-refractivity contribution >= 4 is 72.8 Å². The summed E-state index contributed by atoms with van der Waals surface area (Å²) in [5.41, 5.74) is 12.1. The molecule has 2 aliphatic rings. The third kappa shape index (κ3) is 12.5. The van der Waals surface area contributed by atoms with Gasteiger partial charge in [0.1, 0.15) is 0 Å². The van der Waals surface area contributed by atoms with Gasteiger partial charge < -0.3 is 24.8 Å². The Balaban J connectivity index is 0.000000293. The van der Waals surface area contributed by atoms with Gasteiger partial charge >= 0.3 is 175 Å². The van der Waals surface area contributed by atoms with Crippen molar-refractivity contribution in [3.8, 4) is 11.1 Å². The van der Waals surface area contributed by atoms with Gasteiger partial charge in [0.05, 0.1) is 0 Å². The van der Waals surface area contributed by atoms with E-state index < -0.39 is 7.59 Å². The van der Waals surface area contributed by atoms with E-state index in [2.05, 4.69) is 90.1 Å². The van der Waals surface area contributed by atoms with Crippen molar-refractivity contribution in [1.29, 1.82) is 0 Å². The zero-order valence-electron chi connectivity index (χ0n) is 28.7. The van der Waals surface area contributed by atoms with Crippen LogP contribution in [0, 0.1) is 12.1 Å². The van der Waals surface area contributed by atoms with E-state index in [1.165, 1.54) is 60.8 Å². The first-order chi connectivity index (χ1) is 22.2. The van der Waals surface area contributed by atoms with Gasteiger partial charge in [0.2, 0.25) is 0 Å². The smallest absolute Gasteiger partial charge is 0.109 e. The first kappa shape index (κ1) is 45.6. The number of alkyl halides is 6. The van der Waals surface area contributed by atoms with E-state index in [-0.39, 0.29) is 35.6 Å². The molecule has 4 aromatic rings. The summed E-state index contributed by atoms with van der Waals surface area (Å²) in [6, 6.07) is 30.1. The molecule has 2 aliphatic carbocycles. The van der Waals surface area contributed by atoms with Crippen LogP contribution in [0.4, 0.5) is 0 Å². The molecule has 0 saturated carbocycles. The second-order valence-electron chi connectivity index (χ2n) is 13.8. The maximum absolute atomic E-state index is 5.86. The number of allylic oxidation sites excluding steroid dienone is 4. The summed E-state index contributed by atoms with van der Waals surface area (Å²) in [7, 11) is 0. The summed E-state index contributed by atoms with van der Waals surface area (Å²) in [5, 5.41) is 0. The van der Waals surface area contributed by atoms with E-state index in [9.17, 15) is 0 Å². The van der Waals surface area contributed by atoms with Gasteiger partial charge in [0.25, 0.3) is 0 Å². The van der Waals surface area contributed by atoms with E-state index >= 15 is 0 Å².